The van der Waals surface area contributed by atoms with E-state index in [1.165, 1.54) is 0 Å². The normalized spacial score (nSPS) is 17.4. The summed E-state index contributed by atoms with van der Waals surface area (Å²) in [6.07, 6.45) is 0.567. The molecular formula is C10H17Cl2N3O2S. The number of anilines is 1. The number of nitrogens with two attached hydrogens (primary N) is 1. The summed E-state index contributed by atoms with van der Waals surface area (Å²) in [6, 6.07) is -0.273. The molecule has 0 bridgehead atoms. The van der Waals surface area contributed by atoms with Crippen LogP contribution in [0.2, 0.25) is 5.15 Å². The minimum absolute atomic E-state index is 0. The van der Waals surface area contributed by atoms with E-state index in [0.29, 0.717) is 11.6 Å². The Bertz CT molecular complexity index is 372. The first kappa shape index (κ1) is 15.9. The molecule has 5 nitrogen and oxygen atoms in total. The Labute approximate surface area is 121 Å². The van der Waals surface area contributed by atoms with Crippen LogP contribution in [-0.4, -0.2) is 49.0 Å². The molecule has 0 saturated carbocycles. The van der Waals surface area contributed by atoms with Crippen molar-refractivity contribution in [1.29, 1.82) is 0 Å². The minimum atomic E-state index is -0.273. The molecule has 2 rings (SSSR count). The number of halogens is 2. The summed E-state index contributed by atoms with van der Waals surface area (Å²) >= 11 is 7.62. The third kappa shape index (κ3) is 3.94. The van der Waals surface area contributed by atoms with Crippen LogP contribution < -0.4 is 10.6 Å². The molecule has 0 amide bonds. The van der Waals surface area contributed by atoms with Crippen molar-refractivity contribution in [2.45, 2.75) is 12.5 Å². The van der Waals surface area contributed by atoms with E-state index >= 15 is 0 Å². The Hall–Kier alpha value is -0.110. The summed E-state index contributed by atoms with van der Waals surface area (Å²) in [5.74, 6) is 0. The maximum atomic E-state index is 8.93. The van der Waals surface area contributed by atoms with Gasteiger partial charge in [0.2, 0.25) is 0 Å². The van der Waals surface area contributed by atoms with Crippen LogP contribution in [0.3, 0.4) is 0 Å². The highest BCUT2D eigenvalue weighted by molar-refractivity contribution is 7.16. The van der Waals surface area contributed by atoms with Crippen LogP contribution in [-0.2, 0) is 11.2 Å². The number of ether oxygens (including phenoxy) is 1. The van der Waals surface area contributed by atoms with Crippen molar-refractivity contribution in [3.63, 3.8) is 0 Å². The second kappa shape index (κ2) is 7.47. The molecule has 0 spiro atoms. The molecule has 18 heavy (non-hydrogen) atoms. The molecular weight excluding hydrogens is 297 g/mol. The lowest BCUT2D eigenvalue weighted by atomic mass is 10.2. The highest BCUT2D eigenvalue weighted by Gasteiger charge is 2.18. The molecule has 1 aliphatic heterocycles. The molecule has 1 fully saturated rings. The lowest BCUT2D eigenvalue weighted by Crippen LogP contribution is -2.36. The van der Waals surface area contributed by atoms with Crippen LogP contribution in [0.4, 0.5) is 5.13 Å². The van der Waals surface area contributed by atoms with E-state index in [4.69, 9.17) is 27.2 Å². The molecule has 1 aromatic heterocycles. The van der Waals surface area contributed by atoms with Crippen molar-refractivity contribution < 1.29 is 9.84 Å². The molecule has 0 aliphatic carbocycles. The first-order valence-electron chi connectivity index (χ1n) is 5.55. The number of aliphatic hydroxyl groups is 1. The SMILES string of the molecule is Cl.NC(CO)Cc1sc(N2CCOCC2)nc1Cl. The molecule has 0 aromatic carbocycles. The number of rotatable bonds is 4. The van der Waals surface area contributed by atoms with E-state index in [-0.39, 0.29) is 25.1 Å². The largest absolute Gasteiger partial charge is 0.395 e. The Balaban J connectivity index is 0.00000162. The first-order chi connectivity index (χ1) is 8.20. The Kier molecular flexibility index (Phi) is 6.62. The predicted octanol–water partition coefficient (Wildman–Crippen LogP) is 0.917. The minimum Gasteiger partial charge on any atom is -0.395 e. The number of hydrogen-bond donors (Lipinski definition) is 2. The van der Waals surface area contributed by atoms with Crippen molar-refractivity contribution in [3.05, 3.63) is 10.0 Å². The molecule has 2 heterocycles. The molecule has 1 saturated heterocycles. The number of morpholine rings is 1. The summed E-state index contributed by atoms with van der Waals surface area (Å²) in [5, 5.41) is 10.3. The van der Waals surface area contributed by atoms with Gasteiger partial charge in [-0.3, -0.25) is 0 Å². The van der Waals surface area contributed by atoms with E-state index < -0.39 is 0 Å². The predicted molar refractivity (Wildman–Crippen MR) is 76.2 cm³/mol. The summed E-state index contributed by atoms with van der Waals surface area (Å²) < 4.78 is 5.29. The van der Waals surface area contributed by atoms with Crippen LogP contribution in [0.5, 0.6) is 0 Å². The van der Waals surface area contributed by atoms with Gasteiger partial charge in [0.25, 0.3) is 0 Å². The van der Waals surface area contributed by atoms with Crippen LogP contribution in [0, 0.1) is 0 Å². The molecule has 104 valence electrons. The maximum Gasteiger partial charge on any atom is 0.187 e. The smallest absolute Gasteiger partial charge is 0.187 e. The zero-order chi connectivity index (χ0) is 12.3. The lowest BCUT2D eigenvalue weighted by molar-refractivity contribution is 0.122. The van der Waals surface area contributed by atoms with Crippen molar-refractivity contribution in [3.8, 4) is 0 Å². The van der Waals surface area contributed by atoms with Gasteiger partial charge in [0.05, 0.1) is 19.8 Å². The van der Waals surface area contributed by atoms with Gasteiger partial charge in [0, 0.05) is 30.4 Å². The topological polar surface area (TPSA) is 71.6 Å². The Morgan fingerprint density at radius 1 is 1.50 bits per heavy atom. The average molecular weight is 314 g/mol. The quantitative estimate of drug-likeness (QED) is 0.865. The zero-order valence-electron chi connectivity index (χ0n) is 9.84. The van der Waals surface area contributed by atoms with E-state index in [2.05, 4.69) is 9.88 Å². The van der Waals surface area contributed by atoms with Gasteiger partial charge in [0.15, 0.2) is 5.13 Å². The van der Waals surface area contributed by atoms with Crippen LogP contribution >= 0.6 is 35.3 Å². The lowest BCUT2D eigenvalue weighted by Gasteiger charge is -2.25. The van der Waals surface area contributed by atoms with Gasteiger partial charge < -0.3 is 20.5 Å². The van der Waals surface area contributed by atoms with E-state index in [1.807, 2.05) is 0 Å². The third-order valence-electron chi connectivity index (χ3n) is 2.60. The molecule has 1 unspecified atom stereocenters. The Morgan fingerprint density at radius 3 is 2.78 bits per heavy atom. The van der Waals surface area contributed by atoms with E-state index in [9.17, 15) is 0 Å². The second-order valence-electron chi connectivity index (χ2n) is 3.96. The third-order valence-corrected chi connectivity index (χ3v) is 4.17. The fourth-order valence-corrected chi connectivity index (χ4v) is 3.06. The monoisotopic (exact) mass is 313 g/mol. The highest BCUT2D eigenvalue weighted by atomic mass is 35.5. The molecule has 1 aliphatic rings. The van der Waals surface area contributed by atoms with Gasteiger partial charge >= 0.3 is 0 Å². The molecule has 0 radical (unpaired) electrons. The van der Waals surface area contributed by atoms with Crippen molar-refractivity contribution >= 4 is 40.5 Å². The van der Waals surface area contributed by atoms with Gasteiger partial charge in [-0.05, 0) is 0 Å². The summed E-state index contributed by atoms with van der Waals surface area (Å²) in [7, 11) is 0. The summed E-state index contributed by atoms with van der Waals surface area (Å²) in [5.41, 5.74) is 5.70. The molecule has 8 heteroatoms. The highest BCUT2D eigenvalue weighted by Crippen LogP contribution is 2.30. The fourth-order valence-electron chi connectivity index (χ4n) is 1.64. The van der Waals surface area contributed by atoms with Gasteiger partial charge in [-0.2, -0.15) is 0 Å². The molecule has 1 atom stereocenters. The first-order valence-corrected chi connectivity index (χ1v) is 6.74. The van der Waals surface area contributed by atoms with Crippen LogP contribution in [0.1, 0.15) is 4.88 Å². The average Bonchev–Trinajstić information content (AvgIpc) is 2.72. The number of nitrogens with zero attached hydrogens (tertiary/aromatic N) is 2. The van der Waals surface area contributed by atoms with Crippen molar-refractivity contribution in [2.75, 3.05) is 37.8 Å². The molecule has 3 N–H and O–H groups in total. The standard InChI is InChI=1S/C10H16ClN3O2S.ClH/c11-9-8(5-7(12)6-15)17-10(13-9)14-1-3-16-4-2-14;/h7,15H,1-6,12H2;1H. The van der Waals surface area contributed by atoms with Crippen LogP contribution in [0.15, 0.2) is 0 Å². The second-order valence-corrected chi connectivity index (χ2v) is 5.38. The fraction of sp³-hybridized carbons (Fsp3) is 0.700. The zero-order valence-corrected chi connectivity index (χ0v) is 12.2. The van der Waals surface area contributed by atoms with Crippen molar-refractivity contribution in [2.24, 2.45) is 5.73 Å². The van der Waals surface area contributed by atoms with Gasteiger partial charge in [-0.1, -0.05) is 11.6 Å². The van der Waals surface area contributed by atoms with Gasteiger partial charge in [0.1, 0.15) is 5.15 Å². The molecule has 1 aromatic rings. The maximum absolute atomic E-state index is 8.93. The number of hydrogen-bond acceptors (Lipinski definition) is 6. The number of thiazole rings is 1. The number of aliphatic hydroxyl groups excluding tert-OH is 1. The van der Waals surface area contributed by atoms with E-state index in [1.54, 1.807) is 11.3 Å². The van der Waals surface area contributed by atoms with Crippen molar-refractivity contribution in [1.82, 2.24) is 4.98 Å². The van der Waals surface area contributed by atoms with Gasteiger partial charge in [-0.25, -0.2) is 4.98 Å². The Morgan fingerprint density at radius 2 is 2.17 bits per heavy atom. The summed E-state index contributed by atoms with van der Waals surface area (Å²) in [6.45, 7) is 3.09. The summed E-state index contributed by atoms with van der Waals surface area (Å²) in [4.78, 5) is 7.44. The van der Waals surface area contributed by atoms with Crippen LogP contribution in [0.25, 0.3) is 0 Å². The van der Waals surface area contributed by atoms with E-state index in [0.717, 1.165) is 36.3 Å². The number of aromatic nitrogens is 1. The van der Waals surface area contributed by atoms with Gasteiger partial charge in [-0.15, -0.1) is 23.7 Å².